The summed E-state index contributed by atoms with van der Waals surface area (Å²) in [5.74, 6) is -0.526. The molecule has 0 aliphatic heterocycles. The number of aromatic nitrogens is 1. The first-order chi connectivity index (χ1) is 10.7. The van der Waals surface area contributed by atoms with Crippen LogP contribution in [0.25, 0.3) is 10.2 Å². The van der Waals surface area contributed by atoms with Gasteiger partial charge in [-0.2, -0.15) is 4.99 Å². The van der Waals surface area contributed by atoms with Gasteiger partial charge in [0.2, 0.25) is 0 Å². The maximum absolute atomic E-state index is 12.9. The molecule has 3 rings (SSSR count). The molecule has 0 saturated heterocycles. The van der Waals surface area contributed by atoms with E-state index in [-0.39, 0.29) is 18.1 Å². The van der Waals surface area contributed by atoms with Crippen LogP contribution in [0, 0.1) is 5.82 Å². The Morgan fingerprint density at radius 3 is 2.64 bits per heavy atom. The fourth-order valence-corrected chi connectivity index (χ4v) is 3.45. The molecule has 1 aromatic heterocycles. The fraction of sp³-hybridized carbons (Fsp3) is 0.176. The minimum atomic E-state index is -0.304. The molecule has 0 fully saturated rings. The van der Waals surface area contributed by atoms with Crippen molar-refractivity contribution < 1.29 is 9.18 Å². The topological polar surface area (TPSA) is 34.4 Å². The standard InChI is InChI=1S/C17H15FN2OS/c1-2-20-14-5-3-4-6-15(14)22-17(20)19-16(21)11-12-7-9-13(18)10-8-12/h3-10H,2,11H2,1H3. The summed E-state index contributed by atoms with van der Waals surface area (Å²) in [6, 6.07) is 13.9. The van der Waals surface area contributed by atoms with E-state index in [1.165, 1.54) is 23.5 Å². The van der Waals surface area contributed by atoms with Crippen LogP contribution in [0.4, 0.5) is 4.39 Å². The maximum atomic E-state index is 12.9. The predicted octanol–water partition coefficient (Wildman–Crippen LogP) is 3.53. The summed E-state index contributed by atoms with van der Waals surface area (Å²) in [5, 5.41) is 0. The van der Waals surface area contributed by atoms with Crippen molar-refractivity contribution in [3.63, 3.8) is 0 Å². The highest BCUT2D eigenvalue weighted by Crippen LogP contribution is 2.16. The number of para-hydroxylation sites is 1. The van der Waals surface area contributed by atoms with Crippen LogP contribution in [0.15, 0.2) is 53.5 Å². The van der Waals surface area contributed by atoms with Gasteiger partial charge in [-0.05, 0) is 36.8 Å². The summed E-state index contributed by atoms with van der Waals surface area (Å²) in [5.41, 5.74) is 1.85. The van der Waals surface area contributed by atoms with Gasteiger partial charge in [-0.25, -0.2) is 4.39 Å². The highest BCUT2D eigenvalue weighted by Gasteiger charge is 2.07. The van der Waals surface area contributed by atoms with Crippen LogP contribution >= 0.6 is 11.3 Å². The molecular weight excluding hydrogens is 299 g/mol. The van der Waals surface area contributed by atoms with Crippen molar-refractivity contribution in [2.45, 2.75) is 19.9 Å². The lowest BCUT2D eigenvalue weighted by atomic mass is 10.1. The van der Waals surface area contributed by atoms with Gasteiger partial charge in [0.05, 0.1) is 16.6 Å². The first-order valence-corrected chi connectivity index (χ1v) is 7.89. The lowest BCUT2D eigenvalue weighted by Crippen LogP contribution is -2.16. The molecule has 0 N–H and O–H groups in total. The van der Waals surface area contributed by atoms with Gasteiger partial charge >= 0.3 is 0 Å². The van der Waals surface area contributed by atoms with Crippen molar-refractivity contribution in [3.05, 3.63) is 64.7 Å². The number of thiazole rings is 1. The Labute approximate surface area is 131 Å². The molecule has 112 valence electrons. The lowest BCUT2D eigenvalue weighted by molar-refractivity contribution is -0.117. The Kier molecular flexibility index (Phi) is 4.15. The number of aryl methyl sites for hydroxylation is 1. The third-order valence-electron chi connectivity index (χ3n) is 3.39. The molecule has 0 saturated carbocycles. The van der Waals surface area contributed by atoms with Gasteiger partial charge in [-0.1, -0.05) is 35.6 Å². The second kappa shape index (κ2) is 6.23. The monoisotopic (exact) mass is 314 g/mol. The van der Waals surface area contributed by atoms with E-state index in [1.54, 1.807) is 12.1 Å². The van der Waals surface area contributed by atoms with E-state index in [9.17, 15) is 9.18 Å². The number of nitrogens with zero attached hydrogens (tertiary/aromatic N) is 2. The lowest BCUT2D eigenvalue weighted by Gasteiger charge is -2.00. The summed E-state index contributed by atoms with van der Waals surface area (Å²) in [4.78, 5) is 17.1. The van der Waals surface area contributed by atoms with Crippen molar-refractivity contribution in [1.29, 1.82) is 0 Å². The Hall–Kier alpha value is -2.27. The molecule has 1 amide bonds. The maximum Gasteiger partial charge on any atom is 0.252 e. The van der Waals surface area contributed by atoms with Crippen LogP contribution in [0.5, 0.6) is 0 Å². The Morgan fingerprint density at radius 1 is 1.18 bits per heavy atom. The molecular formula is C17H15FN2OS. The number of hydrogen-bond donors (Lipinski definition) is 0. The highest BCUT2D eigenvalue weighted by molar-refractivity contribution is 7.16. The molecule has 3 nitrogen and oxygen atoms in total. The number of rotatable bonds is 3. The number of fused-ring (bicyclic) bond motifs is 1. The molecule has 0 unspecified atom stereocenters. The zero-order chi connectivity index (χ0) is 15.5. The molecule has 0 aliphatic rings. The van der Waals surface area contributed by atoms with Crippen LogP contribution < -0.4 is 4.80 Å². The molecule has 0 radical (unpaired) electrons. The summed E-state index contributed by atoms with van der Waals surface area (Å²) in [6.07, 6.45) is 0.179. The third kappa shape index (κ3) is 2.99. The van der Waals surface area contributed by atoms with E-state index in [0.717, 1.165) is 22.3 Å². The number of carbonyl (C=O) groups excluding carboxylic acids is 1. The zero-order valence-electron chi connectivity index (χ0n) is 12.1. The minimum Gasteiger partial charge on any atom is -0.317 e. The van der Waals surface area contributed by atoms with E-state index in [2.05, 4.69) is 4.99 Å². The van der Waals surface area contributed by atoms with Crippen molar-refractivity contribution in [2.75, 3.05) is 0 Å². The predicted molar refractivity (Wildman–Crippen MR) is 86.2 cm³/mol. The zero-order valence-corrected chi connectivity index (χ0v) is 12.9. The van der Waals surface area contributed by atoms with Gasteiger partial charge in [0.25, 0.3) is 5.91 Å². The Balaban J connectivity index is 1.94. The van der Waals surface area contributed by atoms with Crippen molar-refractivity contribution in [2.24, 2.45) is 4.99 Å². The van der Waals surface area contributed by atoms with Crippen molar-refractivity contribution >= 4 is 27.5 Å². The molecule has 1 heterocycles. The highest BCUT2D eigenvalue weighted by atomic mass is 32.1. The smallest absolute Gasteiger partial charge is 0.252 e. The van der Waals surface area contributed by atoms with Crippen LogP contribution in [0.2, 0.25) is 0 Å². The third-order valence-corrected chi connectivity index (χ3v) is 4.45. The average Bonchev–Trinajstić information content (AvgIpc) is 2.86. The van der Waals surface area contributed by atoms with Crippen LogP contribution in [-0.4, -0.2) is 10.5 Å². The quantitative estimate of drug-likeness (QED) is 0.728. The second-order valence-corrected chi connectivity index (χ2v) is 5.91. The second-order valence-electron chi connectivity index (χ2n) is 4.91. The van der Waals surface area contributed by atoms with E-state index in [4.69, 9.17) is 0 Å². The van der Waals surface area contributed by atoms with E-state index in [1.807, 2.05) is 35.8 Å². The molecule has 0 aliphatic carbocycles. The van der Waals surface area contributed by atoms with Crippen LogP contribution in [0.3, 0.4) is 0 Å². The number of halogens is 1. The molecule has 22 heavy (non-hydrogen) atoms. The normalized spacial score (nSPS) is 12.0. The molecule has 2 aromatic carbocycles. The van der Waals surface area contributed by atoms with Gasteiger partial charge in [0.15, 0.2) is 4.80 Å². The summed E-state index contributed by atoms with van der Waals surface area (Å²) >= 11 is 1.51. The first-order valence-electron chi connectivity index (χ1n) is 7.07. The van der Waals surface area contributed by atoms with E-state index in [0.29, 0.717) is 4.80 Å². The first kappa shape index (κ1) is 14.7. The van der Waals surface area contributed by atoms with Crippen LogP contribution in [0.1, 0.15) is 12.5 Å². The van der Waals surface area contributed by atoms with Crippen molar-refractivity contribution in [3.8, 4) is 0 Å². The minimum absolute atomic E-state index is 0.179. The summed E-state index contributed by atoms with van der Waals surface area (Å²) < 4.78 is 16.0. The fourth-order valence-electron chi connectivity index (χ4n) is 2.33. The van der Waals surface area contributed by atoms with Crippen molar-refractivity contribution in [1.82, 2.24) is 4.57 Å². The van der Waals surface area contributed by atoms with Crippen LogP contribution in [-0.2, 0) is 17.8 Å². The van der Waals surface area contributed by atoms with Gasteiger partial charge in [0.1, 0.15) is 5.82 Å². The van der Waals surface area contributed by atoms with E-state index < -0.39 is 0 Å². The summed E-state index contributed by atoms with van der Waals surface area (Å²) in [7, 11) is 0. The summed E-state index contributed by atoms with van der Waals surface area (Å²) in [6.45, 7) is 2.79. The SMILES string of the molecule is CCn1c(=NC(=O)Cc2ccc(F)cc2)sc2ccccc21. The average molecular weight is 314 g/mol. The van der Waals surface area contributed by atoms with Gasteiger partial charge in [-0.15, -0.1) is 0 Å². The number of hydrogen-bond acceptors (Lipinski definition) is 2. The molecule has 0 bridgehead atoms. The molecule has 5 heteroatoms. The molecule has 3 aromatic rings. The Morgan fingerprint density at radius 2 is 1.91 bits per heavy atom. The molecule has 0 spiro atoms. The largest absolute Gasteiger partial charge is 0.317 e. The number of benzene rings is 2. The van der Waals surface area contributed by atoms with Gasteiger partial charge in [0, 0.05) is 6.54 Å². The Bertz CT molecular complexity index is 878. The van der Waals surface area contributed by atoms with Gasteiger partial charge < -0.3 is 4.57 Å². The number of carbonyl (C=O) groups is 1. The molecule has 0 atom stereocenters. The van der Waals surface area contributed by atoms with Gasteiger partial charge in [-0.3, -0.25) is 4.79 Å². The van der Waals surface area contributed by atoms with E-state index >= 15 is 0 Å². The number of amides is 1.